The summed E-state index contributed by atoms with van der Waals surface area (Å²) in [7, 11) is 3.88. The molecule has 0 fully saturated rings. The Kier molecular flexibility index (Phi) is 4.68. The average molecular weight is 261 g/mol. The number of rotatable bonds is 6. The fraction of sp³-hybridized carbons (Fsp3) is 0.400. The number of aromatic nitrogens is 2. The van der Waals surface area contributed by atoms with E-state index >= 15 is 0 Å². The predicted molar refractivity (Wildman–Crippen MR) is 74.4 cm³/mol. The van der Waals surface area contributed by atoms with E-state index in [0.717, 1.165) is 30.6 Å². The van der Waals surface area contributed by atoms with Crippen LogP contribution in [0.4, 0.5) is 4.39 Å². The predicted octanol–water partition coefficient (Wildman–Crippen LogP) is 2.18. The molecule has 0 spiro atoms. The normalized spacial score (nSPS) is 12.6. The zero-order valence-corrected chi connectivity index (χ0v) is 11.4. The van der Waals surface area contributed by atoms with E-state index in [0.29, 0.717) is 5.92 Å². The third kappa shape index (κ3) is 4.17. The van der Waals surface area contributed by atoms with Crippen molar-refractivity contribution in [2.24, 2.45) is 13.0 Å². The highest BCUT2D eigenvalue weighted by Gasteiger charge is 2.11. The summed E-state index contributed by atoms with van der Waals surface area (Å²) in [4.78, 5) is 0. The number of halogens is 1. The van der Waals surface area contributed by atoms with Crippen LogP contribution >= 0.6 is 0 Å². The number of nitrogens with one attached hydrogen (secondary N) is 1. The van der Waals surface area contributed by atoms with Gasteiger partial charge in [-0.25, -0.2) is 4.39 Å². The molecular weight excluding hydrogens is 241 g/mol. The molecule has 0 saturated heterocycles. The number of nitrogens with zero attached hydrogens (tertiary/aromatic N) is 2. The van der Waals surface area contributed by atoms with E-state index in [2.05, 4.69) is 10.4 Å². The van der Waals surface area contributed by atoms with E-state index in [-0.39, 0.29) is 5.82 Å². The standard InChI is InChI=1S/C15H20FN3/c1-17-11-13(10-15-7-8-19(2)18-15)9-12-3-5-14(16)6-4-12/h3-8,13,17H,9-11H2,1-2H3. The summed E-state index contributed by atoms with van der Waals surface area (Å²) in [5.41, 5.74) is 2.27. The van der Waals surface area contributed by atoms with Crippen LogP contribution in [-0.4, -0.2) is 23.4 Å². The smallest absolute Gasteiger partial charge is 0.123 e. The van der Waals surface area contributed by atoms with Gasteiger partial charge >= 0.3 is 0 Å². The van der Waals surface area contributed by atoms with Crippen LogP contribution in [0.2, 0.25) is 0 Å². The van der Waals surface area contributed by atoms with Crippen molar-refractivity contribution in [3.8, 4) is 0 Å². The maximum Gasteiger partial charge on any atom is 0.123 e. The summed E-state index contributed by atoms with van der Waals surface area (Å²) in [6.45, 7) is 0.925. The van der Waals surface area contributed by atoms with Crippen LogP contribution in [0.3, 0.4) is 0 Å². The molecule has 19 heavy (non-hydrogen) atoms. The first-order valence-electron chi connectivity index (χ1n) is 6.55. The first-order valence-corrected chi connectivity index (χ1v) is 6.55. The second-order valence-corrected chi connectivity index (χ2v) is 4.94. The van der Waals surface area contributed by atoms with Crippen LogP contribution in [0.25, 0.3) is 0 Å². The molecule has 1 aromatic heterocycles. The van der Waals surface area contributed by atoms with E-state index < -0.39 is 0 Å². The van der Waals surface area contributed by atoms with E-state index in [9.17, 15) is 4.39 Å². The Hall–Kier alpha value is -1.68. The molecule has 0 amide bonds. The Balaban J connectivity index is 2.01. The fourth-order valence-electron chi connectivity index (χ4n) is 2.33. The van der Waals surface area contributed by atoms with Gasteiger partial charge in [-0.3, -0.25) is 4.68 Å². The molecule has 0 aliphatic heterocycles. The molecule has 2 rings (SSSR count). The van der Waals surface area contributed by atoms with Gasteiger partial charge in [0.15, 0.2) is 0 Å². The van der Waals surface area contributed by atoms with Crippen molar-refractivity contribution in [3.05, 3.63) is 53.6 Å². The van der Waals surface area contributed by atoms with Crippen molar-refractivity contribution < 1.29 is 4.39 Å². The van der Waals surface area contributed by atoms with Gasteiger partial charge in [-0.1, -0.05) is 12.1 Å². The molecule has 4 heteroatoms. The summed E-state index contributed by atoms with van der Waals surface area (Å²) in [5, 5.41) is 7.64. The molecule has 0 saturated carbocycles. The van der Waals surface area contributed by atoms with Crippen LogP contribution in [0.1, 0.15) is 11.3 Å². The minimum Gasteiger partial charge on any atom is -0.319 e. The summed E-state index contributed by atoms with van der Waals surface area (Å²) in [6.07, 6.45) is 3.82. The summed E-state index contributed by atoms with van der Waals surface area (Å²) < 4.78 is 14.7. The lowest BCUT2D eigenvalue weighted by molar-refractivity contribution is 0.485. The summed E-state index contributed by atoms with van der Waals surface area (Å²) in [5.74, 6) is 0.281. The summed E-state index contributed by atoms with van der Waals surface area (Å²) >= 11 is 0. The highest BCUT2D eigenvalue weighted by molar-refractivity contribution is 5.17. The van der Waals surface area contributed by atoms with Gasteiger partial charge in [0.25, 0.3) is 0 Å². The lowest BCUT2D eigenvalue weighted by atomic mass is 9.94. The molecular formula is C15H20FN3. The monoisotopic (exact) mass is 261 g/mol. The molecule has 1 unspecified atom stereocenters. The highest BCUT2D eigenvalue weighted by Crippen LogP contribution is 2.14. The van der Waals surface area contributed by atoms with Gasteiger partial charge in [0, 0.05) is 13.2 Å². The average Bonchev–Trinajstić information content (AvgIpc) is 2.78. The zero-order chi connectivity index (χ0) is 13.7. The quantitative estimate of drug-likeness (QED) is 0.863. The molecule has 0 aliphatic carbocycles. The van der Waals surface area contributed by atoms with Crippen LogP contribution < -0.4 is 5.32 Å². The van der Waals surface area contributed by atoms with Gasteiger partial charge in [-0.15, -0.1) is 0 Å². The van der Waals surface area contributed by atoms with Crippen molar-refractivity contribution >= 4 is 0 Å². The van der Waals surface area contributed by atoms with E-state index in [1.807, 2.05) is 43.2 Å². The second kappa shape index (κ2) is 6.48. The first kappa shape index (κ1) is 13.7. The molecule has 1 N–H and O–H groups in total. The van der Waals surface area contributed by atoms with Crippen molar-refractivity contribution in [1.82, 2.24) is 15.1 Å². The van der Waals surface area contributed by atoms with Gasteiger partial charge < -0.3 is 5.32 Å². The van der Waals surface area contributed by atoms with Crippen molar-refractivity contribution in [1.29, 1.82) is 0 Å². The fourth-order valence-corrected chi connectivity index (χ4v) is 2.33. The largest absolute Gasteiger partial charge is 0.319 e. The Labute approximate surface area is 113 Å². The second-order valence-electron chi connectivity index (χ2n) is 4.94. The molecule has 1 aromatic carbocycles. The van der Waals surface area contributed by atoms with Gasteiger partial charge in [0.05, 0.1) is 5.69 Å². The van der Waals surface area contributed by atoms with Crippen molar-refractivity contribution in [3.63, 3.8) is 0 Å². The molecule has 0 bridgehead atoms. The highest BCUT2D eigenvalue weighted by atomic mass is 19.1. The Morgan fingerprint density at radius 3 is 2.53 bits per heavy atom. The number of hydrogen-bond acceptors (Lipinski definition) is 2. The van der Waals surface area contributed by atoms with Crippen LogP contribution in [0.15, 0.2) is 36.5 Å². The van der Waals surface area contributed by atoms with Gasteiger partial charge in [0.1, 0.15) is 5.82 Å². The minimum atomic E-state index is -0.182. The third-order valence-electron chi connectivity index (χ3n) is 3.20. The maximum atomic E-state index is 12.9. The molecule has 1 heterocycles. The number of hydrogen-bond donors (Lipinski definition) is 1. The molecule has 1 atom stereocenters. The van der Waals surface area contributed by atoms with Crippen LogP contribution in [0.5, 0.6) is 0 Å². The Morgan fingerprint density at radius 2 is 1.95 bits per heavy atom. The van der Waals surface area contributed by atoms with Crippen molar-refractivity contribution in [2.75, 3.05) is 13.6 Å². The van der Waals surface area contributed by atoms with E-state index in [4.69, 9.17) is 0 Å². The molecule has 0 aliphatic rings. The molecule has 102 valence electrons. The molecule has 3 nitrogen and oxygen atoms in total. The maximum absolute atomic E-state index is 12.9. The van der Waals surface area contributed by atoms with E-state index in [1.165, 1.54) is 12.1 Å². The molecule has 2 aromatic rings. The number of aryl methyl sites for hydroxylation is 1. The summed E-state index contributed by atoms with van der Waals surface area (Å²) in [6, 6.07) is 8.80. The van der Waals surface area contributed by atoms with Gasteiger partial charge in [-0.05, 0) is 56.1 Å². The lowest BCUT2D eigenvalue weighted by Gasteiger charge is -2.15. The van der Waals surface area contributed by atoms with Crippen LogP contribution in [-0.2, 0) is 19.9 Å². The zero-order valence-electron chi connectivity index (χ0n) is 11.4. The SMILES string of the molecule is CNCC(Cc1ccc(F)cc1)Cc1ccn(C)n1. The Bertz CT molecular complexity index is 504. The lowest BCUT2D eigenvalue weighted by Crippen LogP contribution is -2.23. The Morgan fingerprint density at radius 1 is 1.21 bits per heavy atom. The van der Waals surface area contributed by atoms with Gasteiger partial charge in [0.2, 0.25) is 0 Å². The van der Waals surface area contributed by atoms with Crippen molar-refractivity contribution in [2.45, 2.75) is 12.8 Å². The number of benzene rings is 1. The van der Waals surface area contributed by atoms with Crippen LogP contribution in [0, 0.1) is 11.7 Å². The molecule has 0 radical (unpaired) electrons. The minimum absolute atomic E-state index is 0.182. The van der Waals surface area contributed by atoms with Gasteiger partial charge in [-0.2, -0.15) is 5.10 Å². The first-order chi connectivity index (χ1) is 9.17. The topological polar surface area (TPSA) is 29.9 Å². The third-order valence-corrected chi connectivity index (χ3v) is 3.20. The van der Waals surface area contributed by atoms with E-state index in [1.54, 1.807) is 0 Å².